The third kappa shape index (κ3) is 10.6. The van der Waals surface area contributed by atoms with E-state index in [2.05, 4.69) is 55.9 Å². The van der Waals surface area contributed by atoms with Gasteiger partial charge in [0.25, 0.3) is 0 Å². The lowest BCUT2D eigenvalue weighted by molar-refractivity contribution is 0.505. The number of hydrogen-bond donors (Lipinski definition) is 0. The Morgan fingerprint density at radius 2 is 1.28 bits per heavy atom. The molecule has 0 N–H and O–H groups in total. The Labute approximate surface area is 157 Å². The lowest BCUT2D eigenvalue weighted by atomic mass is 10.00. The van der Waals surface area contributed by atoms with Gasteiger partial charge in [0.1, 0.15) is 0 Å². The van der Waals surface area contributed by atoms with Crippen molar-refractivity contribution < 1.29 is 0 Å². The molecule has 25 heavy (non-hydrogen) atoms. The van der Waals surface area contributed by atoms with Gasteiger partial charge in [-0.05, 0) is 38.3 Å². The average Bonchev–Trinajstić information content (AvgIpc) is 3.14. The molecule has 1 unspecified atom stereocenters. The van der Waals surface area contributed by atoms with E-state index >= 15 is 0 Å². The molecule has 0 aliphatic carbocycles. The lowest BCUT2D eigenvalue weighted by Crippen LogP contribution is -2.08. The number of nitrogens with zero attached hydrogens (tertiary/aromatic N) is 1. The second kappa shape index (κ2) is 15.3. The highest BCUT2D eigenvalue weighted by Gasteiger charge is 2.11. The van der Waals surface area contributed by atoms with E-state index < -0.39 is 0 Å². The molecule has 0 saturated heterocycles. The van der Waals surface area contributed by atoms with Gasteiger partial charge in [-0.2, -0.15) is 0 Å². The van der Waals surface area contributed by atoms with Gasteiger partial charge in [-0.3, -0.25) is 0 Å². The van der Waals surface area contributed by atoms with Gasteiger partial charge >= 0.3 is 0 Å². The molecule has 0 aromatic carbocycles. The quantitative estimate of drug-likeness (QED) is 0.209. The van der Waals surface area contributed by atoms with E-state index in [-0.39, 0.29) is 0 Å². The fraction of sp³-hybridized carbons (Fsp3) is 0.750. The Balaban J connectivity index is 2.14. The highest BCUT2D eigenvalue weighted by Crippen LogP contribution is 2.24. The van der Waals surface area contributed by atoms with Crippen molar-refractivity contribution in [1.29, 1.82) is 0 Å². The largest absolute Gasteiger partial charge is 0.347 e. The van der Waals surface area contributed by atoms with Crippen molar-refractivity contribution in [2.45, 2.75) is 117 Å². The van der Waals surface area contributed by atoms with Crippen LogP contribution in [-0.4, -0.2) is 4.57 Å². The van der Waals surface area contributed by atoms with Crippen molar-refractivity contribution in [2.24, 2.45) is 0 Å². The maximum atomic E-state index is 2.51. The SMILES string of the molecule is CCCCCCCCCCCCC=C(C)C(CCCC)n1cccc1. The second-order valence-electron chi connectivity index (χ2n) is 7.71. The zero-order chi connectivity index (χ0) is 18.2. The topological polar surface area (TPSA) is 4.93 Å². The molecule has 0 bridgehead atoms. The summed E-state index contributed by atoms with van der Waals surface area (Å²) in [6.07, 6.45) is 26.3. The molecule has 0 fully saturated rings. The van der Waals surface area contributed by atoms with Crippen molar-refractivity contribution in [3.63, 3.8) is 0 Å². The van der Waals surface area contributed by atoms with E-state index in [0.717, 1.165) is 0 Å². The summed E-state index contributed by atoms with van der Waals surface area (Å²) in [5.41, 5.74) is 1.56. The average molecular weight is 346 g/mol. The normalized spacial score (nSPS) is 13.3. The Kier molecular flexibility index (Phi) is 13.5. The number of allylic oxidation sites excluding steroid dienone is 2. The summed E-state index contributed by atoms with van der Waals surface area (Å²) in [5, 5.41) is 0. The van der Waals surface area contributed by atoms with Crippen LogP contribution in [0.4, 0.5) is 0 Å². The van der Waals surface area contributed by atoms with Gasteiger partial charge in [-0.25, -0.2) is 0 Å². The highest BCUT2D eigenvalue weighted by molar-refractivity contribution is 5.09. The van der Waals surface area contributed by atoms with Crippen LogP contribution in [0.5, 0.6) is 0 Å². The minimum Gasteiger partial charge on any atom is -0.347 e. The van der Waals surface area contributed by atoms with Crippen LogP contribution in [0.15, 0.2) is 36.2 Å². The second-order valence-corrected chi connectivity index (χ2v) is 7.71. The molecule has 0 aliphatic heterocycles. The molecule has 1 rings (SSSR count). The molecule has 0 radical (unpaired) electrons. The fourth-order valence-corrected chi connectivity index (χ4v) is 3.66. The van der Waals surface area contributed by atoms with E-state index in [1.165, 1.54) is 89.9 Å². The van der Waals surface area contributed by atoms with Crippen molar-refractivity contribution in [1.82, 2.24) is 4.57 Å². The third-order valence-electron chi connectivity index (χ3n) is 5.37. The Morgan fingerprint density at radius 1 is 0.760 bits per heavy atom. The molecule has 1 heteroatoms. The maximum absolute atomic E-state index is 2.51. The van der Waals surface area contributed by atoms with Crippen molar-refractivity contribution in [3.8, 4) is 0 Å². The third-order valence-corrected chi connectivity index (χ3v) is 5.37. The first kappa shape index (κ1) is 22.1. The summed E-state index contributed by atoms with van der Waals surface area (Å²) in [7, 11) is 0. The van der Waals surface area contributed by atoms with Gasteiger partial charge in [-0.1, -0.05) is 96.1 Å². The van der Waals surface area contributed by atoms with Crippen LogP contribution in [0.25, 0.3) is 0 Å². The molecule has 0 aliphatic rings. The van der Waals surface area contributed by atoms with Gasteiger partial charge in [-0.15, -0.1) is 0 Å². The summed E-state index contributed by atoms with van der Waals surface area (Å²) in [5.74, 6) is 0. The summed E-state index contributed by atoms with van der Waals surface area (Å²) in [6, 6.07) is 4.86. The fourth-order valence-electron chi connectivity index (χ4n) is 3.66. The Morgan fingerprint density at radius 3 is 1.84 bits per heavy atom. The van der Waals surface area contributed by atoms with Crippen LogP contribution < -0.4 is 0 Å². The van der Waals surface area contributed by atoms with E-state index in [1.807, 2.05) is 0 Å². The van der Waals surface area contributed by atoms with Crippen molar-refractivity contribution >= 4 is 0 Å². The molecule has 1 aromatic rings. The van der Waals surface area contributed by atoms with E-state index in [4.69, 9.17) is 0 Å². The molecule has 1 aromatic heterocycles. The first-order valence-corrected chi connectivity index (χ1v) is 11.1. The molecule has 0 spiro atoms. The van der Waals surface area contributed by atoms with E-state index in [1.54, 1.807) is 5.57 Å². The van der Waals surface area contributed by atoms with Gasteiger partial charge in [0.2, 0.25) is 0 Å². The zero-order valence-corrected chi connectivity index (χ0v) is 17.3. The summed E-state index contributed by atoms with van der Waals surface area (Å²) in [4.78, 5) is 0. The molecule has 1 atom stereocenters. The molecule has 1 nitrogen and oxygen atoms in total. The molecular weight excluding hydrogens is 302 g/mol. The number of unbranched alkanes of at least 4 members (excludes halogenated alkanes) is 11. The van der Waals surface area contributed by atoms with Gasteiger partial charge in [0.05, 0.1) is 6.04 Å². The molecular formula is C24H43N. The first-order valence-electron chi connectivity index (χ1n) is 11.1. The Hall–Kier alpha value is -0.980. The number of hydrogen-bond acceptors (Lipinski definition) is 0. The van der Waals surface area contributed by atoms with Crippen LogP contribution in [-0.2, 0) is 0 Å². The Bertz CT molecular complexity index is 415. The van der Waals surface area contributed by atoms with Gasteiger partial charge < -0.3 is 4.57 Å². The van der Waals surface area contributed by atoms with Crippen molar-refractivity contribution in [3.05, 3.63) is 36.2 Å². The minimum absolute atomic E-state index is 0.568. The molecule has 1 heterocycles. The monoisotopic (exact) mass is 345 g/mol. The lowest BCUT2D eigenvalue weighted by Gasteiger charge is -2.20. The van der Waals surface area contributed by atoms with E-state index in [9.17, 15) is 0 Å². The molecule has 0 amide bonds. The highest BCUT2D eigenvalue weighted by atomic mass is 15.0. The minimum atomic E-state index is 0.568. The predicted octanol–water partition coefficient (Wildman–Crippen LogP) is 8.48. The van der Waals surface area contributed by atoms with Crippen LogP contribution in [0.1, 0.15) is 117 Å². The maximum Gasteiger partial charge on any atom is 0.0537 e. The van der Waals surface area contributed by atoms with Gasteiger partial charge in [0, 0.05) is 12.4 Å². The smallest absolute Gasteiger partial charge is 0.0537 e. The summed E-state index contributed by atoms with van der Waals surface area (Å²) < 4.78 is 2.39. The zero-order valence-electron chi connectivity index (χ0n) is 17.3. The summed E-state index contributed by atoms with van der Waals surface area (Å²) >= 11 is 0. The summed E-state index contributed by atoms with van der Waals surface area (Å²) in [6.45, 7) is 6.91. The molecule has 0 saturated carbocycles. The van der Waals surface area contributed by atoms with Crippen LogP contribution in [0, 0.1) is 0 Å². The number of rotatable bonds is 16. The number of aromatic nitrogens is 1. The first-order chi connectivity index (χ1) is 12.3. The van der Waals surface area contributed by atoms with Crippen LogP contribution in [0.3, 0.4) is 0 Å². The van der Waals surface area contributed by atoms with Crippen LogP contribution in [0.2, 0.25) is 0 Å². The van der Waals surface area contributed by atoms with Crippen molar-refractivity contribution in [2.75, 3.05) is 0 Å². The van der Waals surface area contributed by atoms with Crippen LogP contribution >= 0.6 is 0 Å². The van der Waals surface area contributed by atoms with Gasteiger partial charge in [0.15, 0.2) is 0 Å². The predicted molar refractivity (Wildman–Crippen MR) is 113 cm³/mol. The molecule has 144 valence electrons. The standard InChI is InChI=1S/C24H43N/c1-4-6-8-9-10-11-12-13-14-15-16-19-23(3)24(20-7-5-2)25-21-17-18-22-25/h17-19,21-22,24H,4-16,20H2,1-3H3. The van der Waals surface area contributed by atoms with E-state index in [0.29, 0.717) is 6.04 Å².